The molecule has 0 bridgehead atoms. The highest BCUT2D eigenvalue weighted by Gasteiger charge is 2.20. The van der Waals surface area contributed by atoms with Gasteiger partial charge < -0.3 is 15.5 Å². The molecule has 0 amide bonds. The molecule has 2 N–H and O–H groups in total. The summed E-state index contributed by atoms with van der Waals surface area (Å²) in [4.78, 5) is 0.323. The van der Waals surface area contributed by atoms with E-state index in [9.17, 15) is 10.2 Å². The van der Waals surface area contributed by atoms with Gasteiger partial charge in [0.1, 0.15) is 0 Å². The average molecular weight is 405 g/mol. The zero-order valence-corrected chi connectivity index (χ0v) is 17.4. The van der Waals surface area contributed by atoms with Crippen LogP contribution in [0.2, 0.25) is 0 Å². The number of benzene rings is 2. The Bertz CT molecular complexity index is 1040. The number of aliphatic hydroxyl groups is 1. The van der Waals surface area contributed by atoms with Crippen LogP contribution < -0.4 is 15.0 Å². The Hall–Kier alpha value is -3.02. The van der Waals surface area contributed by atoms with Crippen LogP contribution in [0.3, 0.4) is 0 Å². The van der Waals surface area contributed by atoms with E-state index in [0.29, 0.717) is 21.8 Å². The van der Waals surface area contributed by atoms with Gasteiger partial charge in [0, 0.05) is 17.3 Å². The van der Waals surface area contributed by atoms with Gasteiger partial charge in [-0.25, -0.2) is 0 Å². The summed E-state index contributed by atoms with van der Waals surface area (Å²) in [5, 5.41) is 26.1. The number of aryl methyl sites for hydroxylation is 2. The van der Waals surface area contributed by atoms with Gasteiger partial charge in [-0.1, -0.05) is 61.6 Å². The lowest BCUT2D eigenvalue weighted by molar-refractivity contribution is -0.578. The molecule has 0 radical (unpaired) electrons. The third-order valence-corrected chi connectivity index (χ3v) is 5.05. The monoisotopic (exact) mass is 404 g/mol. The van der Waals surface area contributed by atoms with Crippen molar-refractivity contribution in [1.29, 1.82) is 0 Å². The van der Waals surface area contributed by atoms with Crippen LogP contribution in [0, 0.1) is 6.92 Å². The minimum Gasteiger partial charge on any atom is -0.867 e. The molecule has 3 aromatic rings. The van der Waals surface area contributed by atoms with Gasteiger partial charge in [-0.15, -0.1) is 0 Å². The fourth-order valence-corrected chi connectivity index (χ4v) is 3.33. The number of nitrogens with zero attached hydrogens (tertiary/aromatic N) is 1. The predicted octanol–water partition coefficient (Wildman–Crippen LogP) is 3.46. The summed E-state index contributed by atoms with van der Waals surface area (Å²) in [6.07, 6.45) is 4.39. The molecule has 5 heteroatoms. The highest BCUT2D eigenvalue weighted by molar-refractivity contribution is 7.81. The van der Waals surface area contributed by atoms with Gasteiger partial charge in [-0.2, -0.15) is 4.57 Å². The first-order chi connectivity index (χ1) is 14.0. The van der Waals surface area contributed by atoms with Crippen molar-refractivity contribution in [2.24, 2.45) is 0 Å². The summed E-state index contributed by atoms with van der Waals surface area (Å²) >= 11 is 5.65. The predicted molar refractivity (Wildman–Crippen MR) is 119 cm³/mol. The zero-order valence-electron chi connectivity index (χ0n) is 16.6. The van der Waals surface area contributed by atoms with Crippen molar-refractivity contribution in [2.75, 3.05) is 5.32 Å². The van der Waals surface area contributed by atoms with E-state index < -0.39 is 0 Å². The molecule has 0 saturated heterocycles. The minimum atomic E-state index is -0.182. The molecule has 1 heterocycles. The van der Waals surface area contributed by atoms with Crippen molar-refractivity contribution < 1.29 is 14.8 Å². The first-order valence-electron chi connectivity index (χ1n) is 9.52. The van der Waals surface area contributed by atoms with Gasteiger partial charge in [0.25, 0.3) is 0 Å². The third kappa shape index (κ3) is 4.88. The molecule has 1 aromatic heterocycles. The van der Waals surface area contributed by atoms with Crippen molar-refractivity contribution in [3.05, 3.63) is 95.3 Å². The van der Waals surface area contributed by atoms with Crippen molar-refractivity contribution in [1.82, 2.24) is 0 Å². The molecule has 3 rings (SSSR count). The fraction of sp³-hybridized carbons (Fsp3) is 0.167. The number of anilines is 1. The van der Waals surface area contributed by atoms with Crippen LogP contribution in [0.15, 0.2) is 73.1 Å². The second-order valence-electron chi connectivity index (χ2n) is 6.77. The average Bonchev–Trinajstić information content (AvgIpc) is 2.75. The second kappa shape index (κ2) is 9.45. The topological polar surface area (TPSA) is 59.2 Å². The molecule has 0 aliphatic carbocycles. The summed E-state index contributed by atoms with van der Waals surface area (Å²) in [7, 11) is 0. The fourth-order valence-electron chi connectivity index (χ4n) is 3.02. The molecule has 0 saturated carbocycles. The lowest BCUT2D eigenvalue weighted by atomic mass is 10.1. The standard InChI is InChI=1S/C24H24N2O2S/c1-3-18-10-12-20(13-11-18)23(28)22(26-14-6-8-19(15-26)16-27)24(29)25-21-9-5-4-7-17(21)2/h4-15,27H,3,16H2,1-2H3,(H-,25,28,29). The van der Waals surface area contributed by atoms with E-state index in [1.807, 2.05) is 55.5 Å². The smallest absolute Gasteiger partial charge is 0.238 e. The summed E-state index contributed by atoms with van der Waals surface area (Å²) in [5.74, 6) is -0.182. The van der Waals surface area contributed by atoms with Crippen LogP contribution in [0.5, 0.6) is 0 Å². The van der Waals surface area contributed by atoms with Crippen LogP contribution in [0.4, 0.5) is 5.69 Å². The van der Waals surface area contributed by atoms with Gasteiger partial charge in [0.2, 0.25) is 5.70 Å². The number of aliphatic hydroxyl groups excluding tert-OH is 1. The van der Waals surface area contributed by atoms with E-state index in [-0.39, 0.29) is 12.4 Å². The highest BCUT2D eigenvalue weighted by Crippen LogP contribution is 2.20. The lowest BCUT2D eigenvalue weighted by Crippen LogP contribution is -2.40. The molecule has 2 aromatic carbocycles. The zero-order chi connectivity index (χ0) is 20.8. The van der Waals surface area contributed by atoms with Crippen LogP contribution in [-0.4, -0.2) is 10.1 Å². The van der Waals surface area contributed by atoms with Crippen LogP contribution >= 0.6 is 12.2 Å². The first kappa shape index (κ1) is 20.7. The maximum Gasteiger partial charge on any atom is 0.238 e. The normalized spacial score (nSPS) is 11.7. The Labute approximate surface area is 176 Å². The number of hydrogen-bond donors (Lipinski definition) is 2. The Morgan fingerprint density at radius 2 is 1.76 bits per heavy atom. The Morgan fingerprint density at radius 1 is 1.03 bits per heavy atom. The molecule has 148 valence electrons. The SMILES string of the molecule is CCc1ccc(C([O-])=C(C(=S)Nc2ccccc2C)[n+]2cccc(CO)c2)cc1. The number of aromatic nitrogens is 1. The highest BCUT2D eigenvalue weighted by atomic mass is 32.1. The van der Waals surface area contributed by atoms with Crippen molar-refractivity contribution in [3.63, 3.8) is 0 Å². The molecule has 0 unspecified atom stereocenters. The Kier molecular flexibility index (Phi) is 6.75. The molecule has 29 heavy (non-hydrogen) atoms. The minimum absolute atomic E-state index is 0.120. The molecular weight excluding hydrogens is 380 g/mol. The Morgan fingerprint density at radius 3 is 2.41 bits per heavy atom. The van der Waals surface area contributed by atoms with Crippen molar-refractivity contribution >= 4 is 34.3 Å². The number of hydrogen-bond acceptors (Lipinski definition) is 3. The van der Waals surface area contributed by atoms with Crippen molar-refractivity contribution in [3.8, 4) is 0 Å². The maximum absolute atomic E-state index is 13.4. The van der Waals surface area contributed by atoms with Crippen LogP contribution in [0.1, 0.15) is 29.2 Å². The molecule has 0 atom stereocenters. The molecular formula is C24H24N2O2S. The van der Waals surface area contributed by atoms with E-state index in [1.54, 1.807) is 29.1 Å². The molecule has 0 spiro atoms. The van der Waals surface area contributed by atoms with Gasteiger partial charge in [-0.3, -0.25) is 0 Å². The van der Waals surface area contributed by atoms with Crippen LogP contribution in [0.25, 0.3) is 11.5 Å². The Balaban J connectivity index is 2.09. The summed E-state index contributed by atoms with van der Waals surface area (Å²) < 4.78 is 1.68. The quantitative estimate of drug-likeness (QED) is 0.286. The van der Waals surface area contributed by atoms with Gasteiger partial charge in [0.05, 0.1) is 6.61 Å². The van der Waals surface area contributed by atoms with E-state index in [1.165, 1.54) is 5.56 Å². The third-order valence-electron chi connectivity index (χ3n) is 4.75. The number of pyridine rings is 1. The molecule has 4 nitrogen and oxygen atoms in total. The number of para-hydroxylation sites is 1. The van der Waals surface area contributed by atoms with Crippen molar-refractivity contribution in [2.45, 2.75) is 26.9 Å². The van der Waals surface area contributed by atoms with E-state index in [0.717, 1.165) is 17.7 Å². The molecule has 0 aliphatic heterocycles. The summed E-state index contributed by atoms with van der Waals surface area (Å²) in [6, 6.07) is 18.9. The lowest BCUT2D eigenvalue weighted by Gasteiger charge is -2.18. The number of nitrogens with one attached hydrogen (secondary N) is 1. The van der Waals surface area contributed by atoms with E-state index in [4.69, 9.17) is 12.2 Å². The van der Waals surface area contributed by atoms with E-state index >= 15 is 0 Å². The number of thiocarbonyl (C=S) groups is 1. The van der Waals surface area contributed by atoms with Gasteiger partial charge in [0.15, 0.2) is 17.4 Å². The summed E-state index contributed by atoms with van der Waals surface area (Å²) in [6.45, 7) is 3.94. The molecule has 0 aliphatic rings. The van der Waals surface area contributed by atoms with Crippen LogP contribution in [-0.2, 0) is 13.0 Å². The summed E-state index contributed by atoms with van der Waals surface area (Å²) in [5.41, 5.74) is 4.64. The first-order valence-corrected chi connectivity index (χ1v) is 9.93. The molecule has 0 fully saturated rings. The number of rotatable bonds is 6. The second-order valence-corrected chi connectivity index (χ2v) is 7.18. The van der Waals surface area contributed by atoms with Gasteiger partial charge >= 0.3 is 0 Å². The largest absolute Gasteiger partial charge is 0.867 e. The maximum atomic E-state index is 13.4. The van der Waals surface area contributed by atoms with E-state index in [2.05, 4.69) is 12.2 Å². The van der Waals surface area contributed by atoms with Gasteiger partial charge in [-0.05, 0) is 47.9 Å².